The molecule has 0 radical (unpaired) electrons. The van der Waals surface area contributed by atoms with Gasteiger partial charge in [-0.15, -0.1) is 0 Å². The minimum atomic E-state index is -9.21. The van der Waals surface area contributed by atoms with Gasteiger partial charge in [-0.25, -0.2) is 9.98 Å². The molecule has 0 saturated heterocycles. The molecule has 44 heteroatoms. The number of nitrogens with two attached hydrogens (primary N) is 2. The molecule has 0 bridgehead atoms. The Morgan fingerprint density at radius 2 is 0.364 bits per heavy atom. The first-order valence-corrected chi connectivity index (χ1v) is 13.9. The second-order valence-corrected chi connectivity index (χ2v) is 11.9. The van der Waals surface area contributed by atoms with Gasteiger partial charge < -0.3 is 11.5 Å². The van der Waals surface area contributed by atoms with Crippen LogP contribution in [0.2, 0.25) is 0 Å². The number of aliphatic imine (C=N–C) groups is 2. The highest BCUT2D eigenvalue weighted by Gasteiger charge is 2.95. The fourth-order valence-corrected chi connectivity index (χ4v) is 3.47. The summed E-state index contributed by atoms with van der Waals surface area (Å²) in [6.07, 6.45) is -16.4. The number of alkyl halides is 38. The number of nitrogens with zero attached hydrogens (tertiary/aromatic N) is 2. The SMILES string of the molecule is N=C(N=C(N)C(F)(F)C(F)(F)C(F)(F)C(F)(F)C(F)(F)C(F)(F)C(F)(F)F)C(F)(F)C(F)(F)C(F)(F)C(F)(F)C(=N)N=C(N)C(F)(F)C(F)(F)C(F)(F)C(F)(F)C(F)(F)C(F)(F)C(F)(F)F. The van der Waals surface area contributed by atoms with E-state index in [-0.39, 0.29) is 0 Å². The molecule has 0 aromatic rings. The summed E-state index contributed by atoms with van der Waals surface area (Å²) in [5, 5.41) is 12.5. The van der Waals surface area contributed by atoms with Crippen molar-refractivity contribution in [1.29, 1.82) is 10.8 Å². The van der Waals surface area contributed by atoms with Crippen molar-refractivity contribution in [2.75, 3.05) is 0 Å². The summed E-state index contributed by atoms with van der Waals surface area (Å²) in [5.74, 6) is -160. The van der Waals surface area contributed by atoms with Gasteiger partial charge in [-0.3, -0.25) is 10.8 Å². The maximum Gasteiger partial charge on any atom is 0.460 e. The van der Waals surface area contributed by atoms with Crippen LogP contribution in [-0.2, 0) is 0 Å². The molecule has 390 valence electrons. The van der Waals surface area contributed by atoms with Crippen LogP contribution in [0.5, 0.6) is 0 Å². The minimum absolute atomic E-state index is 0.502. The number of amidine groups is 4. The minimum Gasteiger partial charge on any atom is -0.382 e. The number of rotatable bonds is 17. The van der Waals surface area contributed by atoms with Crippen molar-refractivity contribution in [3.8, 4) is 0 Å². The van der Waals surface area contributed by atoms with Crippen LogP contribution < -0.4 is 11.5 Å². The third-order valence-electron chi connectivity index (χ3n) is 7.54. The number of halogens is 38. The fraction of sp³-hybridized carbons (Fsp3) is 0.818. The average Bonchev–Trinajstić information content (AvgIpc) is 3.08. The third-order valence-corrected chi connectivity index (χ3v) is 7.54. The molecule has 0 amide bonds. The molecule has 0 fully saturated rings. The van der Waals surface area contributed by atoms with E-state index in [1.165, 1.54) is 0 Å². The van der Waals surface area contributed by atoms with Crippen molar-refractivity contribution < 1.29 is 167 Å². The monoisotopic (exact) mass is 1080 g/mol. The van der Waals surface area contributed by atoms with Crippen molar-refractivity contribution in [2.24, 2.45) is 21.5 Å². The summed E-state index contributed by atoms with van der Waals surface area (Å²) in [6.45, 7) is 0. The van der Waals surface area contributed by atoms with Gasteiger partial charge in [0.05, 0.1) is 0 Å². The van der Waals surface area contributed by atoms with Crippen molar-refractivity contribution in [3.05, 3.63) is 0 Å². The summed E-state index contributed by atoms with van der Waals surface area (Å²) < 4.78 is 513. The smallest absolute Gasteiger partial charge is 0.382 e. The van der Waals surface area contributed by atoms with E-state index in [2.05, 4.69) is 11.5 Å². The predicted molar refractivity (Wildman–Crippen MR) is 130 cm³/mol. The number of hydrogen-bond donors (Lipinski definition) is 4. The maximum atomic E-state index is 14.2. The Labute approximate surface area is 331 Å². The van der Waals surface area contributed by atoms with Gasteiger partial charge in [0.15, 0.2) is 23.3 Å². The lowest BCUT2D eigenvalue weighted by atomic mass is 9.90. The lowest BCUT2D eigenvalue weighted by molar-refractivity contribution is -0.448. The summed E-state index contributed by atoms with van der Waals surface area (Å²) in [5.41, 5.74) is 7.24. The fourth-order valence-electron chi connectivity index (χ4n) is 3.47. The quantitative estimate of drug-likeness (QED) is 0.0658. The van der Waals surface area contributed by atoms with Crippen LogP contribution in [-0.4, -0.2) is 130 Å². The first-order valence-electron chi connectivity index (χ1n) is 13.9. The van der Waals surface area contributed by atoms with Crippen LogP contribution in [0.1, 0.15) is 0 Å². The Kier molecular flexibility index (Phi) is 14.5. The highest BCUT2D eigenvalue weighted by Crippen LogP contribution is 2.64. The topological polar surface area (TPSA) is 124 Å². The second-order valence-electron chi connectivity index (χ2n) is 11.9. The molecule has 6 N–H and O–H groups in total. The maximum absolute atomic E-state index is 14.2. The van der Waals surface area contributed by atoms with Gasteiger partial charge in [0, 0.05) is 0 Å². The van der Waals surface area contributed by atoms with Crippen molar-refractivity contribution in [1.82, 2.24) is 0 Å². The summed E-state index contributed by atoms with van der Waals surface area (Å²) >= 11 is 0. The molecule has 0 rings (SSSR count). The van der Waals surface area contributed by atoms with E-state index in [9.17, 15) is 167 Å². The molecule has 0 aromatic heterocycles. The van der Waals surface area contributed by atoms with E-state index < -0.39 is 130 Å². The molecule has 0 spiro atoms. The molecule has 0 heterocycles. The molecule has 0 aliphatic carbocycles. The molecule has 66 heavy (non-hydrogen) atoms. The number of nitrogens with one attached hydrogen (secondary N) is 2. The van der Waals surface area contributed by atoms with E-state index in [1.807, 2.05) is 0 Å². The van der Waals surface area contributed by atoms with Crippen LogP contribution in [0.15, 0.2) is 9.98 Å². The Morgan fingerprint density at radius 1 is 0.227 bits per heavy atom. The molecule has 0 saturated carbocycles. The molecule has 0 atom stereocenters. The Bertz CT molecular complexity index is 1770. The van der Waals surface area contributed by atoms with E-state index >= 15 is 0 Å². The predicted octanol–water partition coefficient (Wildman–Crippen LogP) is 10.9. The van der Waals surface area contributed by atoms with Gasteiger partial charge in [-0.2, -0.15) is 167 Å². The first-order chi connectivity index (χ1) is 27.8. The van der Waals surface area contributed by atoms with E-state index in [1.54, 1.807) is 0 Å². The molecule has 0 unspecified atom stereocenters. The highest BCUT2D eigenvalue weighted by atomic mass is 19.4. The summed E-state index contributed by atoms with van der Waals surface area (Å²) in [7, 11) is 0. The summed E-state index contributed by atoms with van der Waals surface area (Å²) in [4.78, 5) is 1.00. The average molecular weight is 1080 g/mol. The van der Waals surface area contributed by atoms with Gasteiger partial charge >= 0.3 is 107 Å². The summed E-state index contributed by atoms with van der Waals surface area (Å²) in [6, 6.07) is 0. The van der Waals surface area contributed by atoms with Crippen molar-refractivity contribution in [3.63, 3.8) is 0 Å². The Balaban J connectivity index is 7.41. The molecule has 0 aliphatic rings. The zero-order valence-corrected chi connectivity index (χ0v) is 28.4. The lowest BCUT2D eigenvalue weighted by Crippen LogP contribution is -2.74. The molecule has 0 aliphatic heterocycles. The molecule has 0 aromatic carbocycles. The Morgan fingerprint density at radius 3 is 0.530 bits per heavy atom. The first kappa shape index (κ1) is 61.6. The van der Waals surface area contributed by atoms with Crippen LogP contribution in [0, 0.1) is 10.8 Å². The van der Waals surface area contributed by atoms with E-state index in [0.29, 0.717) is 9.98 Å². The van der Waals surface area contributed by atoms with Crippen LogP contribution in [0.25, 0.3) is 0 Å². The number of hydrogen-bond acceptors (Lipinski definition) is 2. The lowest BCUT2D eigenvalue weighted by Gasteiger charge is -2.41. The van der Waals surface area contributed by atoms with Gasteiger partial charge in [0.25, 0.3) is 0 Å². The Hall–Kier alpha value is -4.38. The molecule has 6 nitrogen and oxygen atoms in total. The normalized spacial score (nSPS) is 17.1. The third kappa shape index (κ3) is 7.75. The van der Waals surface area contributed by atoms with Crippen molar-refractivity contribution in [2.45, 2.75) is 107 Å². The largest absolute Gasteiger partial charge is 0.460 e. The highest BCUT2D eigenvalue weighted by molar-refractivity contribution is 6.03. The van der Waals surface area contributed by atoms with Gasteiger partial charge in [-0.05, 0) is 0 Å². The van der Waals surface area contributed by atoms with Crippen molar-refractivity contribution >= 4 is 23.3 Å². The zero-order valence-electron chi connectivity index (χ0n) is 28.4. The molecular formula is C22H6F38N6. The van der Waals surface area contributed by atoms with Gasteiger partial charge in [0.2, 0.25) is 0 Å². The van der Waals surface area contributed by atoms with Crippen LogP contribution in [0.3, 0.4) is 0 Å². The van der Waals surface area contributed by atoms with E-state index in [0.717, 1.165) is 0 Å². The van der Waals surface area contributed by atoms with Gasteiger partial charge in [-0.1, -0.05) is 0 Å². The van der Waals surface area contributed by atoms with E-state index in [4.69, 9.17) is 10.8 Å². The zero-order chi connectivity index (χ0) is 54.7. The second kappa shape index (κ2) is 15.6. The van der Waals surface area contributed by atoms with Gasteiger partial charge in [0.1, 0.15) is 0 Å². The molecular weight excluding hydrogens is 1070 g/mol. The standard InChI is InChI=1S/C22H6F38N6/c23-5(24,1(61)65-3(63)7(27,28)11(35,36)13(39,40)15(43,44)17(47,48)19(51,52)21(55,56)57)9(31,32)10(33,34)6(25,26)2(62)66-4(64)8(29,30)12(37,38)14(41,42)16(45,46)18(49,50)20(53,54)22(58,59)60/h(H3,61,63,65)(H3,62,64,66). The van der Waals surface area contributed by atoms with Crippen LogP contribution in [0.4, 0.5) is 167 Å². The van der Waals surface area contributed by atoms with Crippen LogP contribution >= 0.6 is 0 Å².